The number of carbonyl (C=O) groups excluding carboxylic acids is 1. The smallest absolute Gasteiger partial charge is 0.383 e. The Kier molecular flexibility index (Phi) is 7.10. The summed E-state index contributed by atoms with van der Waals surface area (Å²) in [5.41, 5.74) is -0.851. The van der Waals surface area contributed by atoms with Crippen LogP contribution < -0.4 is 10.9 Å². The summed E-state index contributed by atoms with van der Waals surface area (Å²) < 4.78 is 47.3. The molecule has 0 bridgehead atoms. The lowest BCUT2D eigenvalue weighted by atomic mass is 9.97. The number of benzene rings is 1. The predicted octanol–water partition coefficient (Wildman–Crippen LogP) is 4.20. The summed E-state index contributed by atoms with van der Waals surface area (Å²) in [4.78, 5) is 32.0. The lowest BCUT2D eigenvalue weighted by Gasteiger charge is -2.17. The Balaban J connectivity index is 1.85. The molecule has 0 atom stereocenters. The van der Waals surface area contributed by atoms with Crippen molar-refractivity contribution in [1.29, 1.82) is 0 Å². The van der Waals surface area contributed by atoms with Crippen molar-refractivity contribution in [3.05, 3.63) is 50.6 Å². The van der Waals surface area contributed by atoms with Crippen molar-refractivity contribution >= 4 is 39.2 Å². The molecule has 4 rings (SSSR count). The van der Waals surface area contributed by atoms with E-state index in [1.54, 1.807) is 0 Å². The standard InChI is InChI=1S/C22H22F3N3O3S2/c1-31-11-10-26-17(29)12-32-21-27-19-18(13-6-2-5-9-16(13)33-19)20(30)28(21)15-8-4-3-7-14(15)22(23,24)25/h3-4,7-8H,2,5-6,9-12H2,1H3,(H,26,29). The van der Waals surface area contributed by atoms with Crippen molar-refractivity contribution < 1.29 is 22.7 Å². The van der Waals surface area contributed by atoms with Gasteiger partial charge in [-0.2, -0.15) is 13.2 Å². The molecule has 1 aliphatic carbocycles. The SMILES string of the molecule is COCCNC(=O)CSc1nc2sc3c(c2c(=O)n1-c1ccccc1C(F)(F)F)CCCC3. The fraction of sp³-hybridized carbons (Fsp3) is 0.409. The Morgan fingerprint density at radius 2 is 2.03 bits per heavy atom. The number of ether oxygens (including phenoxy) is 1. The summed E-state index contributed by atoms with van der Waals surface area (Å²) in [5.74, 6) is -0.423. The first-order valence-corrected chi connectivity index (χ1v) is 12.2. The Morgan fingerprint density at radius 1 is 1.27 bits per heavy atom. The number of thiophene rings is 1. The molecular weight excluding hydrogens is 475 g/mol. The van der Waals surface area contributed by atoms with E-state index in [1.165, 1.54) is 36.6 Å². The van der Waals surface area contributed by atoms with E-state index in [2.05, 4.69) is 10.3 Å². The van der Waals surface area contributed by atoms with Crippen molar-refractivity contribution in [3.8, 4) is 5.69 Å². The lowest BCUT2D eigenvalue weighted by Crippen LogP contribution is -2.29. The maximum Gasteiger partial charge on any atom is 0.418 e. The highest BCUT2D eigenvalue weighted by molar-refractivity contribution is 7.99. The number of amides is 1. The van der Waals surface area contributed by atoms with Crippen LogP contribution in [0, 0.1) is 0 Å². The minimum absolute atomic E-state index is 0.0599. The van der Waals surface area contributed by atoms with Crippen LogP contribution in [0.3, 0.4) is 0 Å². The molecule has 2 aromatic heterocycles. The number of hydrogen-bond donors (Lipinski definition) is 1. The number of methoxy groups -OCH3 is 1. The average Bonchev–Trinajstić information content (AvgIpc) is 3.16. The van der Waals surface area contributed by atoms with E-state index in [9.17, 15) is 22.8 Å². The summed E-state index contributed by atoms with van der Waals surface area (Å²) in [5, 5.41) is 3.11. The number of carbonyl (C=O) groups is 1. The normalized spacial score (nSPS) is 13.8. The van der Waals surface area contributed by atoms with Crippen LogP contribution in [0.5, 0.6) is 0 Å². The van der Waals surface area contributed by atoms with E-state index in [0.29, 0.717) is 29.8 Å². The number of thioether (sulfide) groups is 1. The number of hydrogen-bond acceptors (Lipinski definition) is 6. The minimum Gasteiger partial charge on any atom is -0.383 e. The van der Waals surface area contributed by atoms with Crippen molar-refractivity contribution in [1.82, 2.24) is 14.9 Å². The van der Waals surface area contributed by atoms with Gasteiger partial charge in [0, 0.05) is 18.5 Å². The Hall–Kier alpha value is -2.37. The van der Waals surface area contributed by atoms with Crippen LogP contribution in [0.4, 0.5) is 13.2 Å². The second-order valence-corrected chi connectivity index (χ2v) is 9.60. The van der Waals surface area contributed by atoms with E-state index in [-0.39, 0.29) is 22.5 Å². The maximum absolute atomic E-state index is 13.8. The summed E-state index contributed by atoms with van der Waals surface area (Å²) >= 11 is 2.36. The van der Waals surface area contributed by atoms with Crippen LogP contribution >= 0.6 is 23.1 Å². The first-order valence-electron chi connectivity index (χ1n) is 10.4. The first-order chi connectivity index (χ1) is 15.8. The second kappa shape index (κ2) is 9.86. The summed E-state index contributed by atoms with van der Waals surface area (Å²) in [7, 11) is 1.51. The van der Waals surface area contributed by atoms with Gasteiger partial charge in [0.25, 0.3) is 5.56 Å². The van der Waals surface area contributed by atoms with Crippen molar-refractivity contribution in [3.63, 3.8) is 0 Å². The topological polar surface area (TPSA) is 73.2 Å². The van der Waals surface area contributed by atoms with Gasteiger partial charge in [-0.3, -0.25) is 14.2 Å². The number of aryl methyl sites for hydroxylation is 2. The van der Waals surface area contributed by atoms with Crippen LogP contribution in [-0.2, 0) is 28.5 Å². The molecule has 1 aromatic carbocycles. The van der Waals surface area contributed by atoms with E-state index in [1.807, 2.05) is 0 Å². The third-order valence-corrected chi connectivity index (χ3v) is 7.49. The fourth-order valence-corrected chi connectivity index (χ4v) is 6.02. The number of halogens is 3. The van der Waals surface area contributed by atoms with E-state index < -0.39 is 17.3 Å². The molecule has 176 valence electrons. The van der Waals surface area contributed by atoms with E-state index >= 15 is 0 Å². The fourth-order valence-electron chi connectivity index (χ4n) is 3.88. The van der Waals surface area contributed by atoms with Gasteiger partial charge in [0.2, 0.25) is 5.91 Å². The van der Waals surface area contributed by atoms with Gasteiger partial charge in [-0.1, -0.05) is 23.9 Å². The van der Waals surface area contributed by atoms with Gasteiger partial charge in [0.05, 0.1) is 29.0 Å². The van der Waals surface area contributed by atoms with Gasteiger partial charge in [0.1, 0.15) is 4.83 Å². The Labute approximate surface area is 196 Å². The molecule has 11 heteroatoms. The summed E-state index contributed by atoms with van der Waals surface area (Å²) in [6.45, 7) is 0.648. The van der Waals surface area contributed by atoms with Crippen LogP contribution in [0.1, 0.15) is 28.8 Å². The number of para-hydroxylation sites is 1. The van der Waals surface area contributed by atoms with Crippen molar-refractivity contribution in [2.75, 3.05) is 26.0 Å². The summed E-state index contributed by atoms with van der Waals surface area (Å²) in [6.07, 6.45) is -1.18. The average molecular weight is 498 g/mol. The molecule has 1 N–H and O–H groups in total. The molecule has 0 radical (unpaired) electrons. The molecule has 0 saturated heterocycles. The number of aromatic nitrogens is 2. The van der Waals surface area contributed by atoms with Gasteiger partial charge in [-0.05, 0) is 43.4 Å². The number of nitrogens with one attached hydrogen (secondary N) is 1. The minimum atomic E-state index is -4.65. The lowest BCUT2D eigenvalue weighted by molar-refractivity contribution is -0.137. The van der Waals surface area contributed by atoms with Gasteiger partial charge in [-0.15, -0.1) is 11.3 Å². The predicted molar refractivity (Wildman–Crippen MR) is 122 cm³/mol. The molecule has 0 saturated carbocycles. The van der Waals surface area contributed by atoms with Gasteiger partial charge >= 0.3 is 6.18 Å². The molecule has 0 fully saturated rings. The Bertz CT molecular complexity index is 1240. The largest absolute Gasteiger partial charge is 0.418 e. The van der Waals surface area contributed by atoms with Crippen LogP contribution in [-0.4, -0.2) is 41.5 Å². The van der Waals surface area contributed by atoms with Gasteiger partial charge in [-0.25, -0.2) is 4.98 Å². The van der Waals surface area contributed by atoms with Crippen molar-refractivity contribution in [2.45, 2.75) is 37.0 Å². The monoisotopic (exact) mass is 497 g/mol. The summed E-state index contributed by atoms with van der Waals surface area (Å²) in [6, 6.07) is 4.95. The first kappa shape index (κ1) is 23.8. The number of fused-ring (bicyclic) bond motifs is 3. The van der Waals surface area contributed by atoms with Crippen LogP contribution in [0.25, 0.3) is 15.9 Å². The molecule has 0 aliphatic heterocycles. The zero-order chi connectivity index (χ0) is 23.6. The molecule has 2 heterocycles. The zero-order valence-corrected chi connectivity index (χ0v) is 19.5. The quantitative estimate of drug-likeness (QED) is 0.301. The molecule has 0 spiro atoms. The van der Waals surface area contributed by atoms with E-state index in [0.717, 1.165) is 52.1 Å². The maximum atomic E-state index is 13.8. The van der Waals surface area contributed by atoms with Gasteiger partial charge in [0.15, 0.2) is 5.16 Å². The third kappa shape index (κ3) is 4.95. The number of rotatable bonds is 7. The molecule has 33 heavy (non-hydrogen) atoms. The number of alkyl halides is 3. The molecule has 6 nitrogen and oxygen atoms in total. The van der Waals surface area contributed by atoms with Crippen LogP contribution in [0.15, 0.2) is 34.2 Å². The van der Waals surface area contributed by atoms with Gasteiger partial charge < -0.3 is 10.1 Å². The molecular formula is C22H22F3N3O3S2. The van der Waals surface area contributed by atoms with Crippen LogP contribution in [0.2, 0.25) is 0 Å². The highest BCUT2D eigenvalue weighted by Crippen LogP contribution is 2.37. The molecule has 3 aromatic rings. The Morgan fingerprint density at radius 3 is 2.79 bits per heavy atom. The van der Waals surface area contributed by atoms with Crippen molar-refractivity contribution in [2.24, 2.45) is 0 Å². The molecule has 1 amide bonds. The second-order valence-electron chi connectivity index (χ2n) is 7.57. The highest BCUT2D eigenvalue weighted by Gasteiger charge is 2.35. The molecule has 1 aliphatic rings. The zero-order valence-electron chi connectivity index (χ0n) is 17.8. The third-order valence-electron chi connectivity index (χ3n) is 5.37. The van der Waals surface area contributed by atoms with E-state index in [4.69, 9.17) is 4.74 Å². The number of nitrogens with zero attached hydrogens (tertiary/aromatic N) is 2. The highest BCUT2D eigenvalue weighted by atomic mass is 32.2. The molecule has 0 unspecified atom stereocenters.